The summed E-state index contributed by atoms with van der Waals surface area (Å²) in [6.45, 7) is 2.92. The van der Waals surface area contributed by atoms with E-state index in [-0.39, 0.29) is 0 Å². The molecule has 0 unspecified atom stereocenters. The van der Waals surface area contributed by atoms with Crippen LogP contribution < -0.4 is 5.32 Å². The maximum atomic E-state index is 11.6. The maximum absolute atomic E-state index is 11.6. The van der Waals surface area contributed by atoms with E-state index in [1.807, 2.05) is 30.1 Å². The molecule has 0 saturated heterocycles. The van der Waals surface area contributed by atoms with Crippen molar-refractivity contribution in [1.29, 1.82) is 0 Å². The summed E-state index contributed by atoms with van der Waals surface area (Å²) >= 11 is 0. The number of benzene rings is 1. The molecule has 0 saturated carbocycles. The monoisotopic (exact) mass is 329 g/mol. The normalized spacial score (nSPS) is 11.2. The molecule has 0 spiro atoms. The van der Waals surface area contributed by atoms with Gasteiger partial charge in [-0.2, -0.15) is 0 Å². The topological polar surface area (TPSA) is 67.1 Å². The number of furan rings is 1. The number of ether oxygens (including phenoxy) is 1. The molecule has 0 radical (unpaired) electrons. The summed E-state index contributed by atoms with van der Waals surface area (Å²) in [6, 6.07) is 11.9. The van der Waals surface area contributed by atoms with E-state index in [0.29, 0.717) is 23.6 Å². The molecular formula is C18H23N3O3. The molecule has 1 aromatic heterocycles. The minimum atomic E-state index is -0.395. The molecule has 0 amide bonds. The average Bonchev–Trinajstić information content (AvgIpc) is 2.96. The van der Waals surface area contributed by atoms with Crippen LogP contribution in [-0.2, 0) is 17.8 Å². The fraction of sp³-hybridized carbons (Fsp3) is 0.333. The number of nitrogens with zero attached hydrogens (tertiary/aromatic N) is 2. The zero-order valence-electron chi connectivity index (χ0n) is 14.5. The lowest BCUT2D eigenvalue weighted by Crippen LogP contribution is -2.37. The third-order valence-corrected chi connectivity index (χ3v) is 3.63. The molecule has 0 aliphatic rings. The second-order valence-corrected chi connectivity index (χ2v) is 5.42. The Hall–Kier alpha value is -2.76. The minimum Gasteiger partial charge on any atom is -0.465 e. The van der Waals surface area contributed by atoms with Crippen molar-refractivity contribution in [2.45, 2.75) is 20.0 Å². The third-order valence-electron chi connectivity index (χ3n) is 3.63. The van der Waals surface area contributed by atoms with E-state index in [4.69, 9.17) is 9.15 Å². The SMILES string of the molecule is CN=C(NCc1cc(C(=O)OC)c(C)o1)N(C)Cc1ccccc1. The van der Waals surface area contributed by atoms with Gasteiger partial charge in [-0.05, 0) is 18.6 Å². The van der Waals surface area contributed by atoms with Crippen LogP contribution in [-0.4, -0.2) is 38.0 Å². The molecule has 6 nitrogen and oxygen atoms in total. The Kier molecular flexibility index (Phi) is 6.01. The lowest BCUT2D eigenvalue weighted by Gasteiger charge is -2.21. The molecule has 0 aliphatic carbocycles. The highest BCUT2D eigenvalue weighted by Crippen LogP contribution is 2.15. The van der Waals surface area contributed by atoms with Crippen LogP contribution in [0.2, 0.25) is 0 Å². The first-order valence-corrected chi connectivity index (χ1v) is 7.68. The number of guanidine groups is 1. The van der Waals surface area contributed by atoms with E-state index in [2.05, 4.69) is 22.4 Å². The first-order chi connectivity index (χ1) is 11.5. The molecule has 1 N–H and O–H groups in total. The minimum absolute atomic E-state index is 0.395. The molecule has 2 rings (SSSR count). The second kappa shape index (κ2) is 8.19. The summed E-state index contributed by atoms with van der Waals surface area (Å²) in [5.41, 5.74) is 1.65. The molecule has 1 heterocycles. The Bertz CT molecular complexity index is 708. The zero-order chi connectivity index (χ0) is 17.5. The van der Waals surface area contributed by atoms with E-state index in [9.17, 15) is 4.79 Å². The van der Waals surface area contributed by atoms with Gasteiger partial charge in [-0.25, -0.2) is 4.79 Å². The Morgan fingerprint density at radius 2 is 2.04 bits per heavy atom. The number of carbonyl (C=O) groups excluding carboxylic acids is 1. The number of methoxy groups -OCH3 is 1. The molecule has 24 heavy (non-hydrogen) atoms. The summed E-state index contributed by atoms with van der Waals surface area (Å²) in [4.78, 5) is 17.9. The predicted octanol–water partition coefficient (Wildman–Crippen LogP) is 2.58. The van der Waals surface area contributed by atoms with E-state index < -0.39 is 5.97 Å². The summed E-state index contributed by atoms with van der Waals surface area (Å²) < 4.78 is 10.3. The van der Waals surface area contributed by atoms with Crippen molar-refractivity contribution in [1.82, 2.24) is 10.2 Å². The Morgan fingerprint density at radius 1 is 1.33 bits per heavy atom. The van der Waals surface area contributed by atoms with Gasteiger partial charge in [0.2, 0.25) is 0 Å². The van der Waals surface area contributed by atoms with Gasteiger partial charge in [-0.1, -0.05) is 30.3 Å². The van der Waals surface area contributed by atoms with E-state index in [1.165, 1.54) is 12.7 Å². The van der Waals surface area contributed by atoms with Gasteiger partial charge in [-0.3, -0.25) is 4.99 Å². The number of hydrogen-bond donors (Lipinski definition) is 1. The van der Waals surface area contributed by atoms with E-state index in [1.54, 1.807) is 20.0 Å². The molecule has 128 valence electrons. The van der Waals surface area contributed by atoms with Crippen molar-refractivity contribution < 1.29 is 13.9 Å². The number of aliphatic imine (C=N–C) groups is 1. The number of aryl methyl sites for hydroxylation is 1. The fourth-order valence-corrected chi connectivity index (χ4v) is 2.43. The molecule has 0 bridgehead atoms. The van der Waals surface area contributed by atoms with Crippen molar-refractivity contribution in [2.24, 2.45) is 4.99 Å². The number of carbonyl (C=O) groups is 1. The molecule has 6 heteroatoms. The van der Waals surface area contributed by atoms with Crippen LogP contribution in [0.3, 0.4) is 0 Å². The fourth-order valence-electron chi connectivity index (χ4n) is 2.43. The van der Waals surface area contributed by atoms with Gasteiger partial charge in [-0.15, -0.1) is 0 Å². The Labute approximate surface area is 142 Å². The quantitative estimate of drug-likeness (QED) is 0.519. The largest absolute Gasteiger partial charge is 0.465 e. The van der Waals surface area contributed by atoms with Gasteiger partial charge in [0.15, 0.2) is 5.96 Å². The van der Waals surface area contributed by atoms with Gasteiger partial charge in [0.05, 0.1) is 13.7 Å². The van der Waals surface area contributed by atoms with Gasteiger partial charge < -0.3 is 19.4 Å². The lowest BCUT2D eigenvalue weighted by atomic mass is 10.2. The van der Waals surface area contributed by atoms with Crippen LogP contribution in [0.15, 0.2) is 45.8 Å². The van der Waals surface area contributed by atoms with Crippen LogP contribution in [0.4, 0.5) is 0 Å². The summed E-state index contributed by atoms with van der Waals surface area (Å²) in [7, 11) is 5.06. The van der Waals surface area contributed by atoms with Gasteiger partial charge >= 0.3 is 5.97 Å². The average molecular weight is 329 g/mol. The molecular weight excluding hydrogens is 306 g/mol. The van der Waals surface area contributed by atoms with Crippen molar-refractivity contribution in [3.05, 3.63) is 59.0 Å². The molecule has 0 fully saturated rings. The van der Waals surface area contributed by atoms with E-state index in [0.717, 1.165) is 12.5 Å². The van der Waals surface area contributed by atoms with Crippen LogP contribution in [0, 0.1) is 6.92 Å². The standard InChI is InChI=1S/C18H23N3O3/c1-13-16(17(22)23-4)10-15(24-13)11-20-18(19-2)21(3)12-14-8-6-5-7-9-14/h5-10H,11-12H2,1-4H3,(H,19,20). The molecule has 1 aromatic carbocycles. The smallest absolute Gasteiger partial charge is 0.341 e. The highest BCUT2D eigenvalue weighted by Gasteiger charge is 2.16. The van der Waals surface area contributed by atoms with Gasteiger partial charge in [0, 0.05) is 20.6 Å². The molecule has 0 atom stereocenters. The van der Waals surface area contributed by atoms with Crippen molar-refractivity contribution in [2.75, 3.05) is 21.2 Å². The number of rotatable bonds is 5. The predicted molar refractivity (Wildman–Crippen MR) is 92.9 cm³/mol. The van der Waals surface area contributed by atoms with Crippen LogP contribution in [0.1, 0.15) is 27.4 Å². The van der Waals surface area contributed by atoms with E-state index >= 15 is 0 Å². The van der Waals surface area contributed by atoms with Gasteiger partial charge in [0.1, 0.15) is 17.1 Å². The first-order valence-electron chi connectivity index (χ1n) is 7.68. The Balaban J connectivity index is 1.97. The molecule has 2 aromatic rings. The number of nitrogens with one attached hydrogen (secondary N) is 1. The van der Waals surface area contributed by atoms with Crippen molar-refractivity contribution in [3.8, 4) is 0 Å². The second-order valence-electron chi connectivity index (χ2n) is 5.42. The first kappa shape index (κ1) is 17.6. The van der Waals surface area contributed by atoms with Crippen LogP contribution >= 0.6 is 0 Å². The van der Waals surface area contributed by atoms with Crippen LogP contribution in [0.5, 0.6) is 0 Å². The molecule has 0 aliphatic heterocycles. The summed E-state index contributed by atoms with van der Waals surface area (Å²) in [5.74, 6) is 1.55. The van der Waals surface area contributed by atoms with Gasteiger partial charge in [0.25, 0.3) is 0 Å². The zero-order valence-corrected chi connectivity index (χ0v) is 14.5. The highest BCUT2D eigenvalue weighted by molar-refractivity contribution is 5.90. The van der Waals surface area contributed by atoms with Crippen LogP contribution in [0.25, 0.3) is 0 Å². The summed E-state index contributed by atoms with van der Waals surface area (Å²) in [6.07, 6.45) is 0. The number of hydrogen-bond acceptors (Lipinski definition) is 4. The summed E-state index contributed by atoms with van der Waals surface area (Å²) in [5, 5.41) is 3.23. The third kappa shape index (κ3) is 4.38. The van der Waals surface area contributed by atoms with Crippen molar-refractivity contribution >= 4 is 11.9 Å². The highest BCUT2D eigenvalue weighted by atomic mass is 16.5. The Morgan fingerprint density at radius 3 is 2.67 bits per heavy atom. The van der Waals surface area contributed by atoms with Crippen molar-refractivity contribution in [3.63, 3.8) is 0 Å². The lowest BCUT2D eigenvalue weighted by molar-refractivity contribution is 0.0599. The maximum Gasteiger partial charge on any atom is 0.341 e. The number of esters is 1.